The molecule has 2 aromatic rings. The highest BCUT2D eigenvalue weighted by Gasteiger charge is 2.15. The number of nitrogens with zero attached hydrogens (tertiary/aromatic N) is 1. The molecule has 0 spiro atoms. The van der Waals surface area contributed by atoms with E-state index in [1.165, 1.54) is 22.5 Å². The number of benzene rings is 2. The van der Waals surface area contributed by atoms with Crippen LogP contribution in [0.15, 0.2) is 42.5 Å². The number of aryl methyl sites for hydroxylation is 2. The normalized spacial score (nSPS) is 11.3. The quantitative estimate of drug-likeness (QED) is 0.683. The Labute approximate surface area is 166 Å². The Bertz CT molecular complexity index is 911. The van der Waals surface area contributed by atoms with Crippen molar-refractivity contribution in [1.29, 1.82) is 0 Å². The average molecular weight is 407 g/mol. The van der Waals surface area contributed by atoms with Gasteiger partial charge in [-0.2, -0.15) is 11.8 Å². The van der Waals surface area contributed by atoms with E-state index in [0.29, 0.717) is 17.8 Å². The van der Waals surface area contributed by atoms with Crippen molar-refractivity contribution in [2.24, 2.45) is 0 Å². The van der Waals surface area contributed by atoms with Crippen molar-refractivity contribution in [3.63, 3.8) is 0 Å². The molecule has 0 aromatic heterocycles. The molecule has 1 N–H and O–H groups in total. The molecule has 0 saturated carbocycles. The maximum atomic E-state index is 12.3. The summed E-state index contributed by atoms with van der Waals surface area (Å²) in [6.45, 7) is 4.46. The Hall–Kier alpha value is -1.99. The molecule has 0 heterocycles. The van der Waals surface area contributed by atoms with Gasteiger partial charge in [-0.05, 0) is 43.2 Å². The summed E-state index contributed by atoms with van der Waals surface area (Å²) in [5.74, 6) is 1.60. The number of nitrogens with one attached hydrogen (secondary N) is 1. The summed E-state index contributed by atoms with van der Waals surface area (Å²) in [6.07, 6.45) is 1.15. The molecule has 5 nitrogen and oxygen atoms in total. The lowest BCUT2D eigenvalue weighted by Crippen LogP contribution is -2.27. The van der Waals surface area contributed by atoms with E-state index in [4.69, 9.17) is 0 Å². The number of thioether (sulfide) groups is 1. The van der Waals surface area contributed by atoms with Crippen LogP contribution in [-0.4, -0.2) is 39.9 Å². The summed E-state index contributed by atoms with van der Waals surface area (Å²) in [7, 11) is -1.82. The Morgan fingerprint density at radius 2 is 1.89 bits per heavy atom. The summed E-state index contributed by atoms with van der Waals surface area (Å²) in [6, 6.07) is 13.4. The Morgan fingerprint density at radius 3 is 2.52 bits per heavy atom. The predicted molar refractivity (Wildman–Crippen MR) is 114 cm³/mol. The Morgan fingerprint density at radius 1 is 1.15 bits per heavy atom. The van der Waals surface area contributed by atoms with E-state index in [1.807, 2.05) is 0 Å². The van der Waals surface area contributed by atoms with Gasteiger partial charge in [0.1, 0.15) is 0 Å². The molecule has 146 valence electrons. The lowest BCUT2D eigenvalue weighted by atomic mass is 10.1. The van der Waals surface area contributed by atoms with Gasteiger partial charge >= 0.3 is 0 Å². The van der Waals surface area contributed by atoms with Crippen LogP contribution in [0.25, 0.3) is 0 Å². The molecule has 0 unspecified atom stereocenters. The van der Waals surface area contributed by atoms with E-state index in [2.05, 4.69) is 36.5 Å². The van der Waals surface area contributed by atoms with Gasteiger partial charge in [0.05, 0.1) is 11.9 Å². The molecule has 1 amide bonds. The van der Waals surface area contributed by atoms with Crippen LogP contribution in [0.2, 0.25) is 0 Å². The highest BCUT2D eigenvalue weighted by molar-refractivity contribution is 7.98. The van der Waals surface area contributed by atoms with Gasteiger partial charge in [-0.15, -0.1) is 0 Å². The highest BCUT2D eigenvalue weighted by atomic mass is 32.2. The molecule has 2 aromatic carbocycles. The van der Waals surface area contributed by atoms with Crippen molar-refractivity contribution in [3.8, 4) is 0 Å². The minimum absolute atomic E-state index is 0.150. The second kappa shape index (κ2) is 9.28. The van der Waals surface area contributed by atoms with E-state index in [-0.39, 0.29) is 5.91 Å². The van der Waals surface area contributed by atoms with Crippen molar-refractivity contribution in [1.82, 2.24) is 5.32 Å². The molecule has 0 bridgehead atoms. The monoisotopic (exact) mass is 406 g/mol. The lowest BCUT2D eigenvalue weighted by Gasteiger charge is -2.19. The molecule has 0 fully saturated rings. The molecular weight excluding hydrogens is 380 g/mol. The zero-order valence-corrected chi connectivity index (χ0v) is 17.8. The van der Waals surface area contributed by atoms with E-state index in [0.717, 1.165) is 23.3 Å². The Kier molecular flexibility index (Phi) is 7.33. The zero-order valence-electron chi connectivity index (χ0n) is 16.2. The third-order valence-corrected chi connectivity index (χ3v) is 6.40. The molecule has 0 aliphatic carbocycles. The molecule has 2 rings (SSSR count). The molecule has 0 saturated heterocycles. The van der Waals surface area contributed by atoms with Crippen molar-refractivity contribution in [2.75, 3.05) is 29.9 Å². The number of rotatable bonds is 8. The SMILES string of the molecule is Cc1cccc(CSCCNC(=O)c2ccc(N(C)S(C)(=O)=O)c(C)c2)c1. The van der Waals surface area contributed by atoms with Crippen LogP contribution in [0, 0.1) is 13.8 Å². The fraction of sp³-hybridized carbons (Fsp3) is 0.350. The number of sulfonamides is 1. The fourth-order valence-corrected chi connectivity index (χ4v) is 4.03. The Balaban J connectivity index is 1.84. The second-order valence-corrected chi connectivity index (χ2v) is 9.65. The summed E-state index contributed by atoms with van der Waals surface area (Å²) in [5, 5.41) is 2.91. The van der Waals surface area contributed by atoms with Gasteiger partial charge in [-0.3, -0.25) is 9.10 Å². The molecule has 0 radical (unpaired) electrons. The van der Waals surface area contributed by atoms with E-state index >= 15 is 0 Å². The molecular formula is C20H26N2O3S2. The molecule has 0 aliphatic heterocycles. The average Bonchev–Trinajstić information content (AvgIpc) is 2.60. The second-order valence-electron chi connectivity index (χ2n) is 6.53. The largest absolute Gasteiger partial charge is 0.351 e. The number of anilines is 1. The standard InChI is InChI=1S/C20H26N2O3S2/c1-15-6-5-7-17(12-15)14-26-11-10-21-20(23)18-8-9-19(16(2)13-18)22(3)27(4,24)25/h5-9,12-13H,10-11,14H2,1-4H3,(H,21,23). The van der Waals surface area contributed by atoms with Crippen LogP contribution in [0.4, 0.5) is 5.69 Å². The van der Waals surface area contributed by atoms with Gasteiger partial charge in [0.2, 0.25) is 10.0 Å². The third-order valence-electron chi connectivity index (χ3n) is 4.18. The van der Waals surface area contributed by atoms with Crippen LogP contribution < -0.4 is 9.62 Å². The number of hydrogen-bond donors (Lipinski definition) is 1. The summed E-state index contributed by atoms with van der Waals surface area (Å²) < 4.78 is 24.6. The van der Waals surface area contributed by atoms with E-state index in [9.17, 15) is 13.2 Å². The molecule has 27 heavy (non-hydrogen) atoms. The van der Waals surface area contributed by atoms with Crippen molar-refractivity contribution in [2.45, 2.75) is 19.6 Å². The van der Waals surface area contributed by atoms with Gasteiger partial charge in [0.15, 0.2) is 0 Å². The van der Waals surface area contributed by atoms with E-state index < -0.39 is 10.0 Å². The maximum absolute atomic E-state index is 12.3. The minimum Gasteiger partial charge on any atom is -0.351 e. The van der Waals surface area contributed by atoms with Crippen molar-refractivity contribution >= 4 is 33.4 Å². The third kappa shape index (κ3) is 6.29. The summed E-state index contributed by atoms with van der Waals surface area (Å²) in [5.41, 5.74) is 4.38. The first-order valence-electron chi connectivity index (χ1n) is 8.64. The van der Waals surface area contributed by atoms with Gasteiger partial charge in [-0.25, -0.2) is 8.42 Å². The highest BCUT2D eigenvalue weighted by Crippen LogP contribution is 2.22. The van der Waals surface area contributed by atoms with E-state index in [1.54, 1.807) is 36.9 Å². The van der Waals surface area contributed by atoms with Crippen LogP contribution >= 0.6 is 11.8 Å². The lowest BCUT2D eigenvalue weighted by molar-refractivity contribution is 0.0956. The number of amides is 1. The van der Waals surface area contributed by atoms with Crippen LogP contribution in [0.1, 0.15) is 27.0 Å². The fourth-order valence-electron chi connectivity index (χ4n) is 2.66. The molecule has 7 heteroatoms. The summed E-state index contributed by atoms with van der Waals surface area (Å²) >= 11 is 1.78. The van der Waals surface area contributed by atoms with Gasteiger partial charge in [0.25, 0.3) is 5.91 Å². The summed E-state index contributed by atoms with van der Waals surface area (Å²) in [4.78, 5) is 12.3. The maximum Gasteiger partial charge on any atom is 0.251 e. The first-order valence-corrected chi connectivity index (χ1v) is 11.6. The number of carbonyl (C=O) groups is 1. The zero-order chi connectivity index (χ0) is 20.0. The van der Waals surface area contributed by atoms with Crippen LogP contribution in [0.5, 0.6) is 0 Å². The topological polar surface area (TPSA) is 66.5 Å². The first kappa shape index (κ1) is 21.3. The molecule has 0 aliphatic rings. The van der Waals surface area contributed by atoms with Gasteiger partial charge in [0, 0.05) is 30.7 Å². The smallest absolute Gasteiger partial charge is 0.251 e. The van der Waals surface area contributed by atoms with Gasteiger partial charge in [-0.1, -0.05) is 29.8 Å². The number of carbonyl (C=O) groups excluding carboxylic acids is 1. The van der Waals surface area contributed by atoms with Gasteiger partial charge < -0.3 is 5.32 Å². The first-order chi connectivity index (χ1) is 12.7. The van der Waals surface area contributed by atoms with Crippen molar-refractivity contribution in [3.05, 3.63) is 64.7 Å². The predicted octanol–water partition coefficient (Wildman–Crippen LogP) is 3.36. The number of hydrogen-bond acceptors (Lipinski definition) is 4. The van der Waals surface area contributed by atoms with Crippen molar-refractivity contribution < 1.29 is 13.2 Å². The minimum atomic E-state index is -3.33. The van der Waals surface area contributed by atoms with Crippen LogP contribution in [0.3, 0.4) is 0 Å². The van der Waals surface area contributed by atoms with Crippen LogP contribution in [-0.2, 0) is 15.8 Å². The molecule has 0 atom stereocenters.